The predicted octanol–water partition coefficient (Wildman–Crippen LogP) is 3.58. The Kier molecular flexibility index (Phi) is 12.4. The number of aliphatic hydroxyl groups is 4. The van der Waals surface area contributed by atoms with Crippen LogP contribution in [0, 0.1) is 16.7 Å². The summed E-state index contributed by atoms with van der Waals surface area (Å²) < 4.78 is 24.1. The molecule has 0 unspecified atom stereocenters. The van der Waals surface area contributed by atoms with E-state index in [0.717, 1.165) is 6.92 Å². The molecule has 1 fully saturated rings. The van der Waals surface area contributed by atoms with Crippen molar-refractivity contribution in [1.29, 1.82) is 0 Å². The molecule has 0 spiro atoms. The minimum absolute atomic E-state index is 0.00469. The average Bonchev–Trinajstić information content (AvgIpc) is 3.24. The SMILES string of the molecule is CO[C@@]1(CO)C=C[C@H](O)[C@@]2(C)C(=O)[C@H](OC(C)=O)C3=C(C)[C@@H](OC(=O)[C@H](O)[C@@H](NC(=O)c4ccccc4)c4ccccc4)C[C@@](O)([C@@H](OC(=O)c4ccccc4)[C@@H]21)C3(C)C. The van der Waals surface area contributed by atoms with E-state index in [1.54, 1.807) is 92.7 Å². The first kappa shape index (κ1) is 44.1. The van der Waals surface area contributed by atoms with Gasteiger partial charge in [0, 0.05) is 37.4 Å². The number of carbonyl (C=O) groups is 5. The van der Waals surface area contributed by atoms with Crippen molar-refractivity contribution in [3.8, 4) is 0 Å². The summed E-state index contributed by atoms with van der Waals surface area (Å²) in [4.78, 5) is 70.0. The quantitative estimate of drug-likeness (QED) is 0.106. The molecule has 5 N–H and O–H groups in total. The highest BCUT2D eigenvalue weighted by atomic mass is 16.6. The number of Topliss-reactive ketones (excluding diaryl/α,β-unsaturated/α-hetero) is 1. The standard InChI is InChI=1S/C46H51NO13/c1-26-31(59-42(55)35(51)34(28-16-10-7-11-17-28)47-40(53)29-18-12-8-13-19-29)24-46(56)39(60-41(54)30-20-14-9-15-21-30)37-44(5,32(50)22-23-45(37,25-48)57-6)38(52)36(58-27(2)49)33(26)43(46,3)4/h7-23,31-32,34-37,39,48,50-51,56H,24-25H2,1-6H3,(H,47,53)/t31-,32-,34-,35+,36+,37-,39-,44+,45+,46+/m0/s1. The molecule has 0 radical (unpaired) electrons. The van der Waals surface area contributed by atoms with Gasteiger partial charge in [-0.25, -0.2) is 9.59 Å². The molecule has 14 heteroatoms. The summed E-state index contributed by atoms with van der Waals surface area (Å²) in [6, 6.07) is 23.0. The largest absolute Gasteiger partial charge is 0.456 e. The van der Waals surface area contributed by atoms with Crippen LogP contribution in [0.15, 0.2) is 114 Å². The third kappa shape index (κ3) is 7.47. The number of esters is 3. The summed E-state index contributed by atoms with van der Waals surface area (Å²) in [6.45, 7) is 6.26. The number of aliphatic hydroxyl groups excluding tert-OH is 3. The maximum atomic E-state index is 15.3. The van der Waals surface area contributed by atoms with Gasteiger partial charge in [0.1, 0.15) is 23.4 Å². The molecule has 2 bridgehead atoms. The van der Waals surface area contributed by atoms with Gasteiger partial charge in [0.15, 0.2) is 18.0 Å². The Balaban J connectivity index is 1.52. The van der Waals surface area contributed by atoms with Crippen LogP contribution in [0.4, 0.5) is 0 Å². The first-order chi connectivity index (χ1) is 28.4. The molecule has 60 heavy (non-hydrogen) atoms. The maximum absolute atomic E-state index is 15.3. The highest BCUT2D eigenvalue weighted by Crippen LogP contribution is 2.61. The molecule has 0 aromatic heterocycles. The van der Waals surface area contributed by atoms with Gasteiger partial charge < -0.3 is 44.7 Å². The van der Waals surface area contributed by atoms with E-state index in [1.807, 2.05) is 0 Å². The normalized spacial score (nSPS) is 30.4. The van der Waals surface area contributed by atoms with E-state index in [1.165, 1.54) is 45.2 Å². The van der Waals surface area contributed by atoms with Crippen LogP contribution in [0.1, 0.15) is 73.4 Å². The van der Waals surface area contributed by atoms with Gasteiger partial charge in [-0.2, -0.15) is 0 Å². The number of hydrogen-bond donors (Lipinski definition) is 5. The molecule has 3 aromatic carbocycles. The molecule has 10 atom stereocenters. The third-order valence-electron chi connectivity index (χ3n) is 12.8. The molecule has 0 saturated heterocycles. The Morgan fingerprint density at radius 3 is 1.98 bits per heavy atom. The number of hydrogen-bond acceptors (Lipinski definition) is 13. The lowest BCUT2D eigenvalue weighted by atomic mass is 9.47. The molecular weight excluding hydrogens is 774 g/mol. The van der Waals surface area contributed by atoms with E-state index >= 15 is 4.79 Å². The zero-order valence-electron chi connectivity index (χ0n) is 34.2. The Hall–Kier alpha value is -5.51. The summed E-state index contributed by atoms with van der Waals surface area (Å²) in [5, 5.41) is 50.9. The summed E-state index contributed by atoms with van der Waals surface area (Å²) in [7, 11) is 1.25. The highest BCUT2D eigenvalue weighted by Gasteiger charge is 2.73. The number of ketones is 1. The number of fused-ring (bicyclic) bond motifs is 3. The fourth-order valence-corrected chi connectivity index (χ4v) is 9.31. The smallest absolute Gasteiger partial charge is 0.338 e. The molecule has 1 saturated carbocycles. The van der Waals surface area contributed by atoms with Crippen LogP contribution in [0.3, 0.4) is 0 Å². The van der Waals surface area contributed by atoms with E-state index in [2.05, 4.69) is 5.32 Å². The second-order valence-corrected chi connectivity index (χ2v) is 16.4. The van der Waals surface area contributed by atoms with Gasteiger partial charge in [0.05, 0.1) is 29.7 Å². The van der Waals surface area contributed by atoms with Gasteiger partial charge in [0.25, 0.3) is 5.91 Å². The number of nitrogens with one attached hydrogen (secondary N) is 1. The number of rotatable bonds is 11. The lowest BCUT2D eigenvalue weighted by Gasteiger charge is -2.62. The van der Waals surface area contributed by atoms with Crippen LogP contribution in [0.2, 0.25) is 0 Å². The van der Waals surface area contributed by atoms with Crippen LogP contribution in [0.5, 0.6) is 0 Å². The minimum atomic E-state index is -2.38. The fourth-order valence-electron chi connectivity index (χ4n) is 9.31. The Labute approximate surface area is 347 Å². The number of amides is 1. The molecule has 318 valence electrons. The van der Waals surface area contributed by atoms with Crippen molar-refractivity contribution in [3.05, 3.63) is 131 Å². The van der Waals surface area contributed by atoms with Crippen LogP contribution < -0.4 is 5.32 Å². The van der Waals surface area contributed by atoms with Crippen molar-refractivity contribution >= 4 is 29.6 Å². The summed E-state index contributed by atoms with van der Waals surface area (Å²) in [6.07, 6.45) is -6.73. The van der Waals surface area contributed by atoms with Crippen LogP contribution in [-0.2, 0) is 33.3 Å². The predicted molar refractivity (Wildman–Crippen MR) is 215 cm³/mol. The maximum Gasteiger partial charge on any atom is 0.338 e. The molecular formula is C46H51NO13. The summed E-state index contributed by atoms with van der Waals surface area (Å²) in [5.41, 5.74) is -7.14. The van der Waals surface area contributed by atoms with Gasteiger partial charge in [-0.15, -0.1) is 0 Å². The lowest BCUT2D eigenvalue weighted by Crippen LogP contribution is -2.75. The first-order valence-corrected chi connectivity index (χ1v) is 19.6. The van der Waals surface area contributed by atoms with Crippen molar-refractivity contribution in [3.63, 3.8) is 0 Å². The van der Waals surface area contributed by atoms with Crippen molar-refractivity contribution in [1.82, 2.24) is 5.32 Å². The van der Waals surface area contributed by atoms with Gasteiger partial charge in [-0.1, -0.05) is 92.7 Å². The number of carbonyl (C=O) groups excluding carboxylic acids is 5. The zero-order chi connectivity index (χ0) is 43.8. The molecule has 3 aliphatic carbocycles. The van der Waals surface area contributed by atoms with E-state index in [-0.39, 0.29) is 22.3 Å². The van der Waals surface area contributed by atoms with E-state index < -0.39 is 107 Å². The molecule has 6 rings (SSSR count). The second kappa shape index (κ2) is 16.9. The third-order valence-corrected chi connectivity index (χ3v) is 12.8. The monoisotopic (exact) mass is 825 g/mol. The average molecular weight is 826 g/mol. The molecule has 0 heterocycles. The van der Waals surface area contributed by atoms with Crippen molar-refractivity contribution < 1.29 is 63.3 Å². The number of ether oxygens (including phenoxy) is 4. The molecule has 1 amide bonds. The van der Waals surface area contributed by atoms with Crippen molar-refractivity contribution in [2.24, 2.45) is 16.7 Å². The summed E-state index contributed by atoms with van der Waals surface area (Å²) >= 11 is 0. The van der Waals surface area contributed by atoms with Crippen molar-refractivity contribution in [2.75, 3.05) is 13.7 Å². The molecule has 3 aliphatic rings. The Morgan fingerprint density at radius 2 is 1.43 bits per heavy atom. The highest BCUT2D eigenvalue weighted by molar-refractivity contribution is 5.96. The fraction of sp³-hybridized carbons (Fsp3) is 0.413. The lowest BCUT2D eigenvalue weighted by molar-refractivity contribution is -0.247. The van der Waals surface area contributed by atoms with Gasteiger partial charge in [-0.05, 0) is 54.8 Å². The van der Waals surface area contributed by atoms with Crippen LogP contribution in [0.25, 0.3) is 0 Å². The number of methoxy groups -OCH3 is 1. The minimum Gasteiger partial charge on any atom is -0.456 e. The van der Waals surface area contributed by atoms with Crippen LogP contribution in [-0.4, -0.2) is 105 Å². The topological polar surface area (TPSA) is 215 Å². The molecule has 14 nitrogen and oxygen atoms in total. The Morgan fingerprint density at radius 1 is 0.867 bits per heavy atom. The molecule has 0 aliphatic heterocycles. The Bertz CT molecular complexity index is 2170. The van der Waals surface area contributed by atoms with Gasteiger partial charge in [-0.3, -0.25) is 14.4 Å². The first-order valence-electron chi connectivity index (χ1n) is 19.6. The van der Waals surface area contributed by atoms with E-state index in [0.29, 0.717) is 5.56 Å². The zero-order valence-corrected chi connectivity index (χ0v) is 34.2. The summed E-state index contributed by atoms with van der Waals surface area (Å²) in [5.74, 6) is -6.10. The van der Waals surface area contributed by atoms with Gasteiger partial charge >= 0.3 is 17.9 Å². The van der Waals surface area contributed by atoms with E-state index in [4.69, 9.17) is 18.9 Å². The second-order valence-electron chi connectivity index (χ2n) is 16.4. The molecule has 3 aromatic rings. The van der Waals surface area contributed by atoms with Gasteiger partial charge in [0.2, 0.25) is 0 Å². The van der Waals surface area contributed by atoms with E-state index in [9.17, 15) is 39.6 Å². The number of benzene rings is 3. The van der Waals surface area contributed by atoms with Crippen LogP contribution >= 0.6 is 0 Å². The van der Waals surface area contributed by atoms with Crippen molar-refractivity contribution in [2.45, 2.75) is 88.8 Å².